The number of carboxylic acids is 1. The van der Waals surface area contributed by atoms with E-state index in [1.165, 1.54) is 22.0 Å². The first-order chi connectivity index (χ1) is 14.2. The molecule has 0 amide bonds. The van der Waals surface area contributed by atoms with Gasteiger partial charge in [-0.1, -0.05) is 74.4 Å². The lowest BCUT2D eigenvalue weighted by Crippen LogP contribution is -2.32. The fourth-order valence-electron chi connectivity index (χ4n) is 3.93. The van der Waals surface area contributed by atoms with Gasteiger partial charge in [0, 0.05) is 6.42 Å². The Morgan fingerprint density at radius 3 is 1.52 bits per heavy atom. The summed E-state index contributed by atoms with van der Waals surface area (Å²) in [5.41, 5.74) is 0. The van der Waals surface area contributed by atoms with E-state index in [1.807, 2.05) is 18.2 Å². The van der Waals surface area contributed by atoms with E-state index in [0.717, 1.165) is 31.0 Å². The summed E-state index contributed by atoms with van der Waals surface area (Å²) in [6.45, 7) is 2.18. The summed E-state index contributed by atoms with van der Waals surface area (Å²) in [6, 6.07) is 31.3. The summed E-state index contributed by atoms with van der Waals surface area (Å²) in [4.78, 5) is 11.9. The normalized spacial score (nSPS) is 12.0. The molecule has 0 saturated carbocycles. The molecule has 0 unspecified atom stereocenters. The van der Waals surface area contributed by atoms with Gasteiger partial charge in [0.15, 0.2) is 0 Å². The van der Waals surface area contributed by atoms with E-state index in [-0.39, 0.29) is 0 Å². The lowest BCUT2D eigenvalue weighted by Gasteiger charge is -2.29. The van der Waals surface area contributed by atoms with Crippen molar-refractivity contribution in [2.75, 3.05) is 0 Å². The van der Waals surface area contributed by atoms with Crippen LogP contribution in [0.15, 0.2) is 102 Å². The Bertz CT molecular complexity index is 838. The average Bonchev–Trinajstić information content (AvgIpc) is 2.76. The van der Waals surface area contributed by atoms with Crippen LogP contribution < -0.4 is 15.9 Å². The molecular weight excluding hydrogens is 375 g/mol. The van der Waals surface area contributed by atoms with Crippen LogP contribution in [-0.2, 0) is 4.79 Å². The molecule has 0 atom stereocenters. The molecule has 3 heteroatoms. The van der Waals surface area contributed by atoms with E-state index in [4.69, 9.17) is 0 Å². The van der Waals surface area contributed by atoms with Crippen LogP contribution in [-0.4, -0.2) is 11.1 Å². The van der Waals surface area contributed by atoms with Gasteiger partial charge >= 0.3 is 5.97 Å². The van der Waals surface area contributed by atoms with Crippen LogP contribution in [0.5, 0.6) is 0 Å². The minimum Gasteiger partial charge on any atom is -0.478 e. The molecule has 0 spiro atoms. The predicted octanol–water partition coefficient (Wildman–Crippen LogP) is 5.53. The monoisotopic (exact) mass is 403 g/mol. The van der Waals surface area contributed by atoms with E-state index in [2.05, 4.69) is 79.7 Å². The second kappa shape index (κ2) is 10.2. The third-order valence-corrected chi connectivity index (χ3v) is 9.62. The summed E-state index contributed by atoms with van der Waals surface area (Å²) < 4.78 is 0. The van der Waals surface area contributed by atoms with Crippen LogP contribution in [0.4, 0.5) is 0 Å². The Labute approximate surface area is 174 Å². The molecule has 0 fully saturated rings. The van der Waals surface area contributed by atoms with Crippen LogP contribution in [0.3, 0.4) is 0 Å². The Balaban J connectivity index is 2.36. The zero-order valence-corrected chi connectivity index (χ0v) is 17.8. The van der Waals surface area contributed by atoms with E-state index < -0.39 is 13.2 Å². The topological polar surface area (TPSA) is 37.3 Å². The van der Waals surface area contributed by atoms with E-state index in [9.17, 15) is 9.90 Å². The van der Waals surface area contributed by atoms with Crippen molar-refractivity contribution in [1.29, 1.82) is 0 Å². The number of hydrogen-bond donors (Lipinski definition) is 1. The molecule has 3 aromatic carbocycles. The molecule has 0 aliphatic rings. The number of benzene rings is 3. The van der Waals surface area contributed by atoms with Gasteiger partial charge in [-0.25, -0.2) is 4.79 Å². The molecule has 148 valence electrons. The summed E-state index contributed by atoms with van der Waals surface area (Å²) in [5, 5.41) is 14.4. The van der Waals surface area contributed by atoms with E-state index in [1.54, 1.807) is 0 Å². The fourth-order valence-corrected chi connectivity index (χ4v) is 8.48. The molecule has 0 aliphatic carbocycles. The Morgan fingerprint density at radius 1 is 0.759 bits per heavy atom. The highest BCUT2D eigenvalue weighted by atomic mass is 31.2. The van der Waals surface area contributed by atoms with Crippen molar-refractivity contribution in [3.63, 3.8) is 0 Å². The van der Waals surface area contributed by atoms with Gasteiger partial charge in [0.1, 0.15) is 23.2 Å². The highest BCUT2D eigenvalue weighted by molar-refractivity contribution is 7.99. The molecule has 0 aromatic heterocycles. The number of rotatable bonds is 9. The lowest BCUT2D eigenvalue weighted by molar-refractivity contribution is -0.131. The quantitative estimate of drug-likeness (QED) is 0.290. The fraction of sp³-hybridized carbons (Fsp3) is 0.192. The number of unbranched alkanes of at least 4 members (excludes halogenated alkanes) is 2. The lowest BCUT2D eigenvalue weighted by atomic mass is 10.2. The Morgan fingerprint density at radius 2 is 1.17 bits per heavy atom. The van der Waals surface area contributed by atoms with E-state index in [0.29, 0.717) is 0 Å². The summed E-state index contributed by atoms with van der Waals surface area (Å²) in [7, 11) is -2.28. The van der Waals surface area contributed by atoms with Gasteiger partial charge in [0.05, 0.1) is 11.4 Å². The molecule has 3 rings (SSSR count). The molecule has 0 bridgehead atoms. The minimum absolute atomic E-state index is 0.784. The number of hydrogen-bond acceptors (Lipinski definition) is 1. The van der Waals surface area contributed by atoms with Gasteiger partial charge in [-0.3, -0.25) is 0 Å². The third kappa shape index (κ3) is 4.66. The second-order valence-corrected chi connectivity index (χ2v) is 10.6. The van der Waals surface area contributed by atoms with Crippen LogP contribution in [0.25, 0.3) is 0 Å². The molecule has 2 nitrogen and oxygen atoms in total. The van der Waals surface area contributed by atoms with Crippen molar-refractivity contribution >= 4 is 29.1 Å². The van der Waals surface area contributed by atoms with Gasteiger partial charge in [-0.15, -0.1) is 0 Å². The summed E-state index contributed by atoms with van der Waals surface area (Å²) in [5.74, 6) is -0.872. The van der Waals surface area contributed by atoms with Gasteiger partial charge in [0.2, 0.25) is 0 Å². The van der Waals surface area contributed by atoms with Crippen molar-refractivity contribution < 1.29 is 9.90 Å². The molecule has 1 N–H and O–H groups in total. The molecule has 29 heavy (non-hydrogen) atoms. The smallest absolute Gasteiger partial charge is 0.331 e. The maximum Gasteiger partial charge on any atom is 0.331 e. The first-order valence-electron chi connectivity index (χ1n) is 10.2. The number of allylic oxidation sites excluding steroid dienone is 1. The Kier molecular flexibility index (Phi) is 7.38. The maximum atomic E-state index is 11.9. The zero-order chi connectivity index (χ0) is 20.5. The van der Waals surface area contributed by atoms with Crippen molar-refractivity contribution in [1.82, 2.24) is 0 Å². The molecule has 0 radical (unpaired) electrons. The third-order valence-electron chi connectivity index (χ3n) is 5.19. The van der Waals surface area contributed by atoms with Crippen molar-refractivity contribution in [2.45, 2.75) is 32.6 Å². The number of aliphatic carboxylic acids is 1. The van der Waals surface area contributed by atoms with Crippen LogP contribution in [0.2, 0.25) is 0 Å². The minimum atomic E-state index is -2.28. The SMILES string of the molecule is CCCCC/C(=C\C(=O)O)[P+](c1ccccc1)(c1ccccc1)c1ccccc1. The first-order valence-corrected chi connectivity index (χ1v) is 12.0. The zero-order valence-electron chi connectivity index (χ0n) is 16.9. The molecule has 3 aromatic rings. The van der Waals surface area contributed by atoms with Crippen molar-refractivity contribution in [3.05, 3.63) is 102 Å². The van der Waals surface area contributed by atoms with Crippen LogP contribution in [0.1, 0.15) is 32.6 Å². The largest absolute Gasteiger partial charge is 0.478 e. The predicted molar refractivity (Wildman–Crippen MR) is 125 cm³/mol. The highest BCUT2D eigenvalue weighted by Crippen LogP contribution is 2.63. The summed E-state index contributed by atoms with van der Waals surface area (Å²) >= 11 is 0. The molecule has 0 aliphatic heterocycles. The first kappa shape index (κ1) is 21.0. The van der Waals surface area contributed by atoms with Crippen molar-refractivity contribution in [2.24, 2.45) is 0 Å². The molecule has 0 saturated heterocycles. The molecule has 0 heterocycles. The Hall–Kier alpha value is -2.70. The van der Waals surface area contributed by atoms with Crippen molar-refractivity contribution in [3.8, 4) is 0 Å². The maximum absolute atomic E-state index is 11.9. The number of carbonyl (C=O) groups is 1. The summed E-state index contributed by atoms with van der Waals surface area (Å²) in [6.07, 6.45) is 5.45. The second-order valence-electron chi connectivity index (χ2n) is 7.11. The van der Waals surface area contributed by atoms with Crippen LogP contribution >= 0.6 is 7.26 Å². The average molecular weight is 403 g/mol. The van der Waals surface area contributed by atoms with Gasteiger partial charge in [-0.2, -0.15) is 0 Å². The van der Waals surface area contributed by atoms with Gasteiger partial charge in [-0.05, 0) is 42.8 Å². The molecular formula is C26H28O2P+. The van der Waals surface area contributed by atoms with E-state index >= 15 is 0 Å². The van der Waals surface area contributed by atoms with Gasteiger partial charge < -0.3 is 5.11 Å². The van der Waals surface area contributed by atoms with Crippen LogP contribution in [0, 0.1) is 0 Å². The highest BCUT2D eigenvalue weighted by Gasteiger charge is 2.49. The van der Waals surface area contributed by atoms with Gasteiger partial charge in [0.25, 0.3) is 0 Å². The number of carboxylic acid groups (broad SMARTS) is 1. The standard InChI is InChI=1S/C26H27O2P/c1-2-3-7-20-25(21-26(27)28)29(22-14-8-4-9-15-22,23-16-10-5-11-17-23)24-18-12-6-13-19-24/h4-6,8-19,21H,2-3,7,20H2,1H3/p+1/b25-21+.